The molecule has 0 fully saturated rings. The molecule has 0 bridgehead atoms. The van der Waals surface area contributed by atoms with Crippen molar-refractivity contribution < 1.29 is 36.6 Å². The van der Waals surface area contributed by atoms with Crippen LogP contribution in [0.1, 0.15) is 10.4 Å². The van der Waals surface area contributed by atoms with E-state index in [2.05, 4.69) is 4.74 Å². The molecule has 0 amide bonds. The zero-order chi connectivity index (χ0) is 14.0. The van der Waals surface area contributed by atoms with Gasteiger partial charge in [0, 0.05) is 0 Å². The number of carboxylic acids is 1. The van der Waals surface area contributed by atoms with Gasteiger partial charge in [-0.05, 0) is 18.2 Å². The predicted octanol–water partition coefficient (Wildman–Crippen LogP) is 2.96. The summed E-state index contributed by atoms with van der Waals surface area (Å²) in [7, 11) is 0. The lowest BCUT2D eigenvalue weighted by Gasteiger charge is -2.24. The highest BCUT2D eigenvalue weighted by Gasteiger charge is 2.59. The number of alkyl halides is 5. The Morgan fingerprint density at radius 1 is 1.28 bits per heavy atom. The fourth-order valence-corrected chi connectivity index (χ4v) is 0.993. The molecule has 1 rings (SSSR count). The molecule has 8 heteroatoms. The zero-order valence-electron chi connectivity index (χ0n) is 8.67. The normalized spacial score (nSPS) is 12.3. The van der Waals surface area contributed by atoms with Crippen molar-refractivity contribution in [2.24, 2.45) is 0 Å². The number of aromatic carboxylic acids is 1. The lowest BCUT2D eigenvalue weighted by Crippen LogP contribution is -2.46. The molecule has 100 valence electrons. The number of rotatable bonds is 5. The topological polar surface area (TPSA) is 46.5 Å². The Balaban J connectivity index is 2.97. The summed E-state index contributed by atoms with van der Waals surface area (Å²) in [6, 6.07) is 3.57. The predicted molar refractivity (Wildman–Crippen MR) is 49.9 cm³/mol. The lowest BCUT2D eigenvalue weighted by molar-refractivity contribution is -0.312. The molecule has 0 spiro atoms. The standard InChI is InChI=1S/C10H7F5O3/c11-5-9(12,13)10(14,15)18-7-3-1-2-6(4-7)8(16)17/h1-4H,5H2,(H,16,17). The largest absolute Gasteiger partial charge is 0.478 e. The Kier molecular flexibility index (Phi) is 3.78. The molecule has 0 aliphatic heterocycles. The second-order valence-corrected chi connectivity index (χ2v) is 3.29. The molecule has 0 aromatic heterocycles. The van der Waals surface area contributed by atoms with Gasteiger partial charge in [-0.3, -0.25) is 0 Å². The average molecular weight is 270 g/mol. The molecule has 0 aliphatic carbocycles. The van der Waals surface area contributed by atoms with Gasteiger partial charge in [-0.2, -0.15) is 17.6 Å². The number of halogens is 5. The molecule has 0 unspecified atom stereocenters. The minimum atomic E-state index is -5.07. The third-order valence-corrected chi connectivity index (χ3v) is 1.92. The van der Waals surface area contributed by atoms with Crippen LogP contribution in [0.2, 0.25) is 0 Å². The monoisotopic (exact) mass is 270 g/mol. The van der Waals surface area contributed by atoms with E-state index >= 15 is 0 Å². The van der Waals surface area contributed by atoms with Crippen molar-refractivity contribution in [3.63, 3.8) is 0 Å². The van der Waals surface area contributed by atoms with Crippen LogP contribution in [0.3, 0.4) is 0 Å². The van der Waals surface area contributed by atoms with Crippen LogP contribution in [0, 0.1) is 0 Å². The summed E-state index contributed by atoms with van der Waals surface area (Å²) in [5.41, 5.74) is -0.424. The second kappa shape index (κ2) is 4.79. The molecular weight excluding hydrogens is 263 g/mol. The number of benzene rings is 1. The van der Waals surface area contributed by atoms with Crippen LogP contribution in [0.15, 0.2) is 24.3 Å². The van der Waals surface area contributed by atoms with Crippen molar-refractivity contribution in [3.05, 3.63) is 29.8 Å². The molecular formula is C10H7F5O3. The minimum Gasteiger partial charge on any atom is -0.478 e. The zero-order valence-corrected chi connectivity index (χ0v) is 8.67. The van der Waals surface area contributed by atoms with Crippen LogP contribution in [-0.2, 0) is 0 Å². The van der Waals surface area contributed by atoms with Gasteiger partial charge in [-0.1, -0.05) is 6.07 Å². The molecule has 0 saturated heterocycles. The van der Waals surface area contributed by atoms with Crippen LogP contribution >= 0.6 is 0 Å². The van der Waals surface area contributed by atoms with E-state index in [1.165, 1.54) is 0 Å². The summed E-state index contributed by atoms with van der Waals surface area (Å²) in [5.74, 6) is -7.24. The fourth-order valence-electron chi connectivity index (χ4n) is 0.993. The van der Waals surface area contributed by atoms with Gasteiger partial charge in [0.1, 0.15) is 5.75 Å². The highest BCUT2D eigenvalue weighted by molar-refractivity contribution is 5.87. The lowest BCUT2D eigenvalue weighted by atomic mass is 10.2. The van der Waals surface area contributed by atoms with Crippen molar-refractivity contribution in [1.29, 1.82) is 0 Å². The molecule has 1 aromatic carbocycles. The Labute approximate surface area is 97.8 Å². The molecule has 0 radical (unpaired) electrons. The van der Waals surface area contributed by atoms with Gasteiger partial charge in [-0.15, -0.1) is 0 Å². The molecule has 0 heterocycles. The van der Waals surface area contributed by atoms with Gasteiger partial charge in [0.05, 0.1) is 5.56 Å². The maximum atomic E-state index is 12.9. The molecule has 1 N–H and O–H groups in total. The Hall–Kier alpha value is -1.86. The number of hydrogen-bond acceptors (Lipinski definition) is 2. The van der Waals surface area contributed by atoms with Gasteiger partial charge in [-0.25, -0.2) is 9.18 Å². The van der Waals surface area contributed by atoms with Crippen LogP contribution in [0.4, 0.5) is 22.0 Å². The highest BCUT2D eigenvalue weighted by atomic mass is 19.3. The summed E-state index contributed by atoms with van der Waals surface area (Å²) < 4.78 is 66.2. The van der Waals surface area contributed by atoms with Crippen LogP contribution in [0.25, 0.3) is 0 Å². The third kappa shape index (κ3) is 2.88. The Morgan fingerprint density at radius 3 is 2.39 bits per heavy atom. The van der Waals surface area contributed by atoms with E-state index in [-0.39, 0.29) is 0 Å². The molecule has 0 aliphatic rings. The van der Waals surface area contributed by atoms with E-state index in [1.807, 2.05) is 0 Å². The van der Waals surface area contributed by atoms with E-state index in [4.69, 9.17) is 5.11 Å². The van der Waals surface area contributed by atoms with Crippen LogP contribution in [0.5, 0.6) is 5.75 Å². The first kappa shape index (κ1) is 14.2. The minimum absolute atomic E-state index is 0.424. The van der Waals surface area contributed by atoms with E-state index < -0.39 is 36.0 Å². The van der Waals surface area contributed by atoms with Gasteiger partial charge >= 0.3 is 18.0 Å². The number of carboxylic acid groups (broad SMARTS) is 1. The summed E-state index contributed by atoms with van der Waals surface area (Å²) in [6.07, 6.45) is -5.07. The molecule has 3 nitrogen and oxygen atoms in total. The van der Waals surface area contributed by atoms with Crippen molar-refractivity contribution in [2.75, 3.05) is 6.67 Å². The summed E-state index contributed by atoms with van der Waals surface area (Å²) in [4.78, 5) is 10.5. The van der Waals surface area contributed by atoms with Crippen molar-refractivity contribution in [3.8, 4) is 5.75 Å². The van der Waals surface area contributed by atoms with Gasteiger partial charge in [0.25, 0.3) is 0 Å². The van der Waals surface area contributed by atoms with E-state index in [1.54, 1.807) is 0 Å². The summed E-state index contributed by atoms with van der Waals surface area (Å²) in [5, 5.41) is 8.56. The van der Waals surface area contributed by atoms with Crippen molar-refractivity contribution in [2.45, 2.75) is 12.0 Å². The molecule has 0 saturated carbocycles. The van der Waals surface area contributed by atoms with Gasteiger partial charge in [0.2, 0.25) is 0 Å². The highest BCUT2D eigenvalue weighted by Crippen LogP contribution is 2.36. The SMILES string of the molecule is O=C(O)c1cccc(OC(F)(F)C(F)(F)CF)c1. The van der Waals surface area contributed by atoms with Gasteiger partial charge < -0.3 is 9.84 Å². The molecule has 0 atom stereocenters. The maximum Gasteiger partial charge on any atom is 0.467 e. The first-order valence-corrected chi connectivity index (χ1v) is 4.53. The quantitative estimate of drug-likeness (QED) is 0.837. The number of carbonyl (C=O) groups is 1. The van der Waals surface area contributed by atoms with E-state index in [9.17, 15) is 26.7 Å². The number of ether oxygens (including phenoxy) is 1. The van der Waals surface area contributed by atoms with Crippen molar-refractivity contribution in [1.82, 2.24) is 0 Å². The third-order valence-electron chi connectivity index (χ3n) is 1.92. The molecule has 18 heavy (non-hydrogen) atoms. The first-order chi connectivity index (χ1) is 8.19. The van der Waals surface area contributed by atoms with Crippen molar-refractivity contribution >= 4 is 5.97 Å². The second-order valence-electron chi connectivity index (χ2n) is 3.29. The molecule has 1 aromatic rings. The maximum absolute atomic E-state index is 12.9. The first-order valence-electron chi connectivity index (χ1n) is 4.53. The van der Waals surface area contributed by atoms with Crippen LogP contribution in [-0.4, -0.2) is 29.8 Å². The average Bonchev–Trinajstić information content (AvgIpc) is 2.28. The smallest absolute Gasteiger partial charge is 0.467 e. The van der Waals surface area contributed by atoms with E-state index in [0.717, 1.165) is 18.2 Å². The summed E-state index contributed by atoms with van der Waals surface area (Å²) in [6.45, 7) is -2.60. The summed E-state index contributed by atoms with van der Waals surface area (Å²) >= 11 is 0. The fraction of sp³-hybridized carbons (Fsp3) is 0.300. The Morgan fingerprint density at radius 2 is 1.89 bits per heavy atom. The van der Waals surface area contributed by atoms with Crippen LogP contribution < -0.4 is 4.74 Å². The Bertz CT molecular complexity index is 447. The number of hydrogen-bond donors (Lipinski definition) is 1. The van der Waals surface area contributed by atoms with E-state index in [0.29, 0.717) is 6.07 Å². The van der Waals surface area contributed by atoms with Gasteiger partial charge in [0.15, 0.2) is 6.67 Å².